The molecule has 0 spiro atoms. The zero-order valence-corrected chi connectivity index (χ0v) is 20.6. The molecule has 0 atom stereocenters. The minimum Gasteiger partial charge on any atom is -0.222 e. The van der Waals surface area contributed by atoms with E-state index in [2.05, 4.69) is 115 Å². The molecule has 0 unspecified atom stereocenters. The number of benzene rings is 4. The standard InChI is InChI=1S/C31H23O.ClHO4/c1-4-13-23(14-5-1)28-27-21-20-22-12-10-11-19-26(22)31(27)32-30(25-17-8-3-9-18-25)29(28)24-15-6-2-7-16-24;2-1(3,4)5/h1-19H,20-21H2;(H,2,3,4,5)/q+1;/p-1. The van der Waals surface area contributed by atoms with Crippen LogP contribution in [0.15, 0.2) is 120 Å². The summed E-state index contributed by atoms with van der Waals surface area (Å²) in [6, 6.07) is 40.6. The lowest BCUT2D eigenvalue weighted by Crippen LogP contribution is -2.68. The highest BCUT2D eigenvalue weighted by atomic mass is 35.7. The van der Waals surface area contributed by atoms with Crippen LogP contribution in [0.1, 0.15) is 11.1 Å². The van der Waals surface area contributed by atoms with Crippen LogP contribution in [0.4, 0.5) is 0 Å². The third-order valence-electron chi connectivity index (χ3n) is 6.32. The van der Waals surface area contributed by atoms with Crippen molar-refractivity contribution in [3.05, 3.63) is 126 Å². The Morgan fingerprint density at radius 2 is 0.946 bits per heavy atom. The van der Waals surface area contributed by atoms with Gasteiger partial charge < -0.3 is 0 Å². The summed E-state index contributed by atoms with van der Waals surface area (Å²) in [6.45, 7) is 0. The zero-order valence-electron chi connectivity index (χ0n) is 19.8. The molecule has 1 heterocycles. The third kappa shape index (κ3) is 5.62. The van der Waals surface area contributed by atoms with Crippen molar-refractivity contribution in [1.29, 1.82) is 0 Å². The summed E-state index contributed by atoms with van der Waals surface area (Å²) in [5.74, 6) is 1.93. The predicted octanol–water partition coefficient (Wildman–Crippen LogP) is 3.57. The van der Waals surface area contributed by atoms with Gasteiger partial charge in [-0.25, -0.2) is 23.1 Å². The summed E-state index contributed by atoms with van der Waals surface area (Å²) in [6.07, 6.45) is 1.99. The van der Waals surface area contributed by atoms with Gasteiger partial charge in [0, 0.05) is 5.56 Å². The maximum atomic E-state index is 8.49. The Kier molecular flexibility index (Phi) is 7.15. The molecule has 184 valence electrons. The van der Waals surface area contributed by atoms with E-state index >= 15 is 0 Å². The first-order valence-corrected chi connectivity index (χ1v) is 13.0. The van der Waals surface area contributed by atoms with Crippen molar-refractivity contribution in [3.63, 3.8) is 0 Å². The van der Waals surface area contributed by atoms with Crippen LogP contribution >= 0.6 is 0 Å². The SMILES string of the molecule is [O-][Cl+3]([O-])([O-])[O-].c1ccc(-c2[o+]c3c(c(-c4ccccc4)c2-c2ccccc2)CCc2ccccc2-3)cc1. The van der Waals surface area contributed by atoms with E-state index in [1.54, 1.807) is 0 Å². The van der Waals surface area contributed by atoms with Gasteiger partial charge in [0.1, 0.15) is 0 Å². The van der Waals surface area contributed by atoms with Crippen LogP contribution in [-0.4, -0.2) is 0 Å². The van der Waals surface area contributed by atoms with Crippen molar-refractivity contribution < 1.29 is 33.3 Å². The van der Waals surface area contributed by atoms with E-state index in [9.17, 15) is 0 Å². The number of aryl methyl sites for hydroxylation is 1. The third-order valence-corrected chi connectivity index (χ3v) is 6.32. The van der Waals surface area contributed by atoms with Crippen LogP contribution in [0.25, 0.3) is 44.9 Å². The summed E-state index contributed by atoms with van der Waals surface area (Å²) in [5.41, 5.74) is 9.82. The molecule has 1 aromatic heterocycles. The van der Waals surface area contributed by atoms with Gasteiger partial charge in [-0.15, -0.1) is 10.2 Å². The Morgan fingerprint density at radius 3 is 1.51 bits per heavy atom. The van der Waals surface area contributed by atoms with Crippen LogP contribution in [0.2, 0.25) is 0 Å². The largest absolute Gasteiger partial charge is 0.369 e. The molecule has 0 amide bonds. The normalized spacial score (nSPS) is 12.1. The van der Waals surface area contributed by atoms with Gasteiger partial charge in [0.2, 0.25) is 0 Å². The Labute approximate surface area is 217 Å². The molecule has 0 N–H and O–H groups in total. The van der Waals surface area contributed by atoms with Crippen LogP contribution in [0, 0.1) is 10.2 Å². The molecule has 4 aromatic carbocycles. The van der Waals surface area contributed by atoms with Gasteiger partial charge in [0.15, 0.2) is 0 Å². The first-order valence-electron chi connectivity index (χ1n) is 11.8. The molecule has 0 radical (unpaired) electrons. The molecular formula is C31H23ClO5. The molecule has 6 rings (SSSR count). The summed E-state index contributed by atoms with van der Waals surface area (Å²) < 4.78 is 40.8. The predicted molar refractivity (Wildman–Crippen MR) is 132 cm³/mol. The molecule has 1 aliphatic rings. The first kappa shape index (κ1) is 24.8. The molecule has 0 aliphatic heterocycles. The van der Waals surface area contributed by atoms with Gasteiger partial charge in [-0.05, 0) is 47.7 Å². The molecule has 0 saturated carbocycles. The topological polar surface area (TPSA) is 104 Å². The highest BCUT2D eigenvalue weighted by Crippen LogP contribution is 2.48. The second kappa shape index (κ2) is 10.6. The van der Waals surface area contributed by atoms with Crippen molar-refractivity contribution in [2.45, 2.75) is 12.8 Å². The lowest BCUT2D eigenvalue weighted by molar-refractivity contribution is -2.00. The number of halogens is 1. The molecule has 0 bridgehead atoms. The van der Waals surface area contributed by atoms with E-state index in [0.717, 1.165) is 29.9 Å². The number of rotatable bonds is 3. The number of fused-ring (bicyclic) bond motifs is 3. The fraction of sp³-hybridized carbons (Fsp3) is 0.0645. The number of hydrogen-bond acceptors (Lipinski definition) is 4. The second-order valence-electron chi connectivity index (χ2n) is 8.62. The fourth-order valence-corrected chi connectivity index (χ4v) is 4.86. The molecule has 37 heavy (non-hydrogen) atoms. The Hall–Kier alpha value is -3.84. The van der Waals surface area contributed by atoms with Crippen LogP contribution in [0.3, 0.4) is 0 Å². The first-order chi connectivity index (χ1) is 17.9. The summed E-state index contributed by atoms with van der Waals surface area (Å²) in [5, 5.41) is 0. The van der Waals surface area contributed by atoms with Crippen LogP contribution in [0.5, 0.6) is 0 Å². The van der Waals surface area contributed by atoms with Gasteiger partial charge >= 0.3 is 11.5 Å². The van der Waals surface area contributed by atoms with Crippen molar-refractivity contribution >= 4 is 0 Å². The summed E-state index contributed by atoms with van der Waals surface area (Å²) >= 11 is 0. The minimum absolute atomic E-state index is 0.922. The van der Waals surface area contributed by atoms with E-state index in [0.29, 0.717) is 0 Å². The van der Waals surface area contributed by atoms with Gasteiger partial charge in [-0.3, -0.25) is 0 Å². The Morgan fingerprint density at radius 1 is 0.486 bits per heavy atom. The van der Waals surface area contributed by atoms with E-state index < -0.39 is 10.2 Å². The second-order valence-corrected chi connectivity index (χ2v) is 9.38. The lowest BCUT2D eigenvalue weighted by atomic mass is 9.81. The quantitative estimate of drug-likeness (QED) is 0.345. The minimum atomic E-state index is -4.94. The van der Waals surface area contributed by atoms with Gasteiger partial charge in [0.05, 0.1) is 22.3 Å². The van der Waals surface area contributed by atoms with E-state index in [4.69, 9.17) is 23.1 Å². The molecular weight excluding hydrogens is 488 g/mol. The van der Waals surface area contributed by atoms with Crippen molar-refractivity contribution in [3.8, 4) is 44.9 Å². The molecule has 1 aliphatic carbocycles. The highest BCUT2D eigenvalue weighted by molar-refractivity contribution is 5.96. The van der Waals surface area contributed by atoms with E-state index in [1.807, 2.05) is 0 Å². The molecule has 5 nitrogen and oxygen atoms in total. The monoisotopic (exact) mass is 510 g/mol. The Bertz CT molecular complexity index is 1490. The molecule has 6 heteroatoms. The van der Waals surface area contributed by atoms with Crippen molar-refractivity contribution in [2.75, 3.05) is 0 Å². The summed E-state index contributed by atoms with van der Waals surface area (Å²) in [4.78, 5) is 0. The molecule has 0 fully saturated rings. The zero-order chi connectivity index (χ0) is 25.8. The smallest absolute Gasteiger partial charge is 0.222 e. The van der Waals surface area contributed by atoms with Crippen molar-refractivity contribution in [2.24, 2.45) is 0 Å². The maximum absolute atomic E-state index is 8.49. The average Bonchev–Trinajstić information content (AvgIpc) is 2.92. The van der Waals surface area contributed by atoms with Crippen LogP contribution < -0.4 is 18.6 Å². The van der Waals surface area contributed by atoms with E-state index in [1.165, 1.54) is 38.9 Å². The Balaban J connectivity index is 0.000000514. The highest BCUT2D eigenvalue weighted by Gasteiger charge is 2.36. The van der Waals surface area contributed by atoms with Gasteiger partial charge in [0.25, 0.3) is 0 Å². The molecule has 0 saturated heterocycles. The van der Waals surface area contributed by atoms with Crippen molar-refractivity contribution in [1.82, 2.24) is 0 Å². The average molecular weight is 511 g/mol. The number of hydrogen-bond donors (Lipinski definition) is 0. The van der Waals surface area contributed by atoms with Gasteiger partial charge in [-0.1, -0.05) is 97.1 Å². The fourth-order valence-electron chi connectivity index (χ4n) is 4.86. The summed E-state index contributed by atoms with van der Waals surface area (Å²) in [7, 11) is -4.94. The molecule has 5 aromatic rings. The lowest BCUT2D eigenvalue weighted by Gasteiger charge is -2.19. The van der Waals surface area contributed by atoms with Crippen LogP contribution in [-0.2, 0) is 12.8 Å². The van der Waals surface area contributed by atoms with E-state index in [-0.39, 0.29) is 0 Å². The van der Waals surface area contributed by atoms with Gasteiger partial charge in [-0.2, -0.15) is 0 Å². The maximum Gasteiger partial charge on any atom is 0.369 e.